The molecule has 2 rings (SSSR count). The van der Waals surface area contributed by atoms with Crippen molar-refractivity contribution in [2.45, 2.75) is 31.2 Å². The van der Waals surface area contributed by atoms with E-state index in [1.165, 1.54) is 12.8 Å². The second-order valence-corrected chi connectivity index (χ2v) is 5.41. The molecule has 0 aromatic heterocycles. The van der Waals surface area contributed by atoms with Gasteiger partial charge in [0, 0.05) is 36.5 Å². The molecule has 1 unspecified atom stereocenters. The Balaban J connectivity index is 2.07. The van der Waals surface area contributed by atoms with Crippen LogP contribution < -0.4 is 4.90 Å². The van der Waals surface area contributed by atoms with E-state index in [4.69, 9.17) is 27.9 Å². The number of nitrogens with zero attached hydrogens (tertiary/aromatic N) is 1. The zero-order valence-electron chi connectivity index (χ0n) is 10.7. The molecule has 1 aliphatic rings. The number of anilines is 1. The molecular weight excluding hydrogens is 269 g/mol. The zero-order chi connectivity index (χ0) is 13.0. The Morgan fingerprint density at radius 1 is 1.39 bits per heavy atom. The number of likely N-dealkylation sites (N-methyl/N-ethyl adjacent to an activating group) is 1. The van der Waals surface area contributed by atoms with Gasteiger partial charge in [0.15, 0.2) is 0 Å². The van der Waals surface area contributed by atoms with Crippen molar-refractivity contribution < 1.29 is 4.74 Å². The molecule has 1 fully saturated rings. The maximum absolute atomic E-state index is 6.17. The third kappa shape index (κ3) is 3.31. The van der Waals surface area contributed by atoms with Gasteiger partial charge in [-0.2, -0.15) is 0 Å². The van der Waals surface area contributed by atoms with Crippen LogP contribution in [0.5, 0.6) is 0 Å². The zero-order valence-corrected chi connectivity index (χ0v) is 12.2. The van der Waals surface area contributed by atoms with Crippen molar-refractivity contribution in [2.75, 3.05) is 25.1 Å². The Morgan fingerprint density at radius 2 is 2.22 bits per heavy atom. The third-order valence-electron chi connectivity index (χ3n) is 3.39. The van der Waals surface area contributed by atoms with Crippen molar-refractivity contribution >= 4 is 28.9 Å². The highest BCUT2D eigenvalue weighted by Crippen LogP contribution is 2.29. The molecule has 18 heavy (non-hydrogen) atoms. The number of alkyl halides is 1. The number of benzene rings is 1. The second kappa shape index (κ2) is 6.65. The van der Waals surface area contributed by atoms with Gasteiger partial charge in [0.1, 0.15) is 0 Å². The minimum Gasteiger partial charge on any atom is -0.376 e. The van der Waals surface area contributed by atoms with Gasteiger partial charge in [-0.25, -0.2) is 0 Å². The molecular formula is C14H19Cl2NO. The summed E-state index contributed by atoms with van der Waals surface area (Å²) in [6.07, 6.45) is 3.91. The molecule has 0 saturated carbocycles. The highest BCUT2D eigenvalue weighted by molar-refractivity contribution is 6.32. The molecule has 0 N–H and O–H groups in total. The number of halogens is 2. The van der Waals surface area contributed by atoms with Gasteiger partial charge in [-0.05, 0) is 31.4 Å². The lowest BCUT2D eigenvalue weighted by Crippen LogP contribution is -2.33. The molecule has 0 bridgehead atoms. The van der Waals surface area contributed by atoms with Crippen LogP contribution in [0.2, 0.25) is 5.02 Å². The smallest absolute Gasteiger partial charge is 0.0749 e. The van der Waals surface area contributed by atoms with Crippen LogP contribution in [-0.2, 0) is 10.6 Å². The second-order valence-electron chi connectivity index (χ2n) is 4.74. The molecule has 0 spiro atoms. The van der Waals surface area contributed by atoms with E-state index in [0.717, 1.165) is 35.8 Å². The van der Waals surface area contributed by atoms with Gasteiger partial charge in [0.05, 0.1) is 12.0 Å². The van der Waals surface area contributed by atoms with E-state index in [1.54, 1.807) is 0 Å². The summed E-state index contributed by atoms with van der Waals surface area (Å²) in [7, 11) is 2.07. The predicted octanol–water partition coefficient (Wildman–Crippen LogP) is 4.08. The molecule has 0 amide bonds. The summed E-state index contributed by atoms with van der Waals surface area (Å²) >= 11 is 12.2. The molecule has 0 aliphatic carbocycles. The summed E-state index contributed by atoms with van der Waals surface area (Å²) in [6, 6.07) is 5.91. The Labute approximate surface area is 119 Å². The van der Waals surface area contributed by atoms with Crippen molar-refractivity contribution in [3.05, 3.63) is 28.8 Å². The fourth-order valence-corrected chi connectivity index (χ4v) is 2.98. The van der Waals surface area contributed by atoms with Crippen LogP contribution in [-0.4, -0.2) is 26.3 Å². The Kier molecular flexibility index (Phi) is 5.16. The first-order chi connectivity index (χ1) is 8.72. The third-order valence-corrected chi connectivity index (χ3v) is 4.01. The number of hydrogen-bond donors (Lipinski definition) is 0. The summed E-state index contributed by atoms with van der Waals surface area (Å²) in [6.45, 7) is 1.78. The maximum atomic E-state index is 6.17. The first kappa shape index (κ1) is 14.0. The molecule has 1 aromatic rings. The lowest BCUT2D eigenvalue weighted by molar-refractivity contribution is 0.0216. The van der Waals surface area contributed by atoms with Gasteiger partial charge in [-0.15, -0.1) is 11.6 Å². The molecule has 1 atom stereocenters. The van der Waals surface area contributed by atoms with Gasteiger partial charge in [-0.3, -0.25) is 0 Å². The van der Waals surface area contributed by atoms with Crippen LogP contribution in [0.4, 0.5) is 5.69 Å². The SMILES string of the molecule is CN(CC1CCCCO1)c1cccc(Cl)c1CCl. The van der Waals surface area contributed by atoms with Crippen molar-refractivity contribution in [2.24, 2.45) is 0 Å². The van der Waals surface area contributed by atoms with Crippen LogP contribution in [0.25, 0.3) is 0 Å². The minimum absolute atomic E-state index is 0.325. The average molecular weight is 288 g/mol. The average Bonchev–Trinajstić information content (AvgIpc) is 2.39. The van der Waals surface area contributed by atoms with Crippen molar-refractivity contribution in [1.29, 1.82) is 0 Å². The summed E-state index contributed by atoms with van der Waals surface area (Å²) < 4.78 is 5.77. The lowest BCUT2D eigenvalue weighted by Gasteiger charge is -2.29. The normalized spacial score (nSPS) is 19.8. The van der Waals surface area contributed by atoms with Crippen molar-refractivity contribution in [3.8, 4) is 0 Å². The topological polar surface area (TPSA) is 12.5 Å². The minimum atomic E-state index is 0.325. The van der Waals surface area contributed by atoms with Gasteiger partial charge in [-0.1, -0.05) is 17.7 Å². The van der Waals surface area contributed by atoms with E-state index < -0.39 is 0 Å². The van der Waals surface area contributed by atoms with E-state index in [0.29, 0.717) is 12.0 Å². The van der Waals surface area contributed by atoms with Crippen LogP contribution in [0, 0.1) is 0 Å². The fourth-order valence-electron chi connectivity index (χ4n) is 2.39. The standard InChI is InChI=1S/C14H19Cl2NO/c1-17(10-11-5-2-3-8-18-11)14-7-4-6-13(16)12(14)9-15/h4,6-7,11H,2-3,5,8-10H2,1H3. The Bertz CT molecular complexity index is 391. The largest absolute Gasteiger partial charge is 0.376 e. The van der Waals surface area contributed by atoms with Gasteiger partial charge >= 0.3 is 0 Å². The molecule has 100 valence electrons. The molecule has 1 heterocycles. The summed E-state index contributed by atoms with van der Waals surface area (Å²) in [4.78, 5) is 2.19. The Hall–Kier alpha value is -0.440. The first-order valence-corrected chi connectivity index (χ1v) is 7.29. The van der Waals surface area contributed by atoms with Crippen LogP contribution in [0.3, 0.4) is 0 Å². The quantitative estimate of drug-likeness (QED) is 0.774. The van der Waals surface area contributed by atoms with E-state index in [9.17, 15) is 0 Å². The monoisotopic (exact) mass is 287 g/mol. The van der Waals surface area contributed by atoms with E-state index in [1.807, 2.05) is 12.1 Å². The number of hydrogen-bond acceptors (Lipinski definition) is 2. The van der Waals surface area contributed by atoms with Crippen LogP contribution in [0.15, 0.2) is 18.2 Å². The van der Waals surface area contributed by atoms with Crippen molar-refractivity contribution in [3.63, 3.8) is 0 Å². The van der Waals surface area contributed by atoms with Gasteiger partial charge in [0.2, 0.25) is 0 Å². The maximum Gasteiger partial charge on any atom is 0.0749 e. The summed E-state index contributed by atoms with van der Waals surface area (Å²) in [5.74, 6) is 0.435. The predicted molar refractivity (Wildman–Crippen MR) is 77.9 cm³/mol. The molecule has 2 nitrogen and oxygen atoms in total. The Morgan fingerprint density at radius 3 is 2.89 bits per heavy atom. The van der Waals surface area contributed by atoms with E-state index in [2.05, 4.69) is 18.0 Å². The van der Waals surface area contributed by atoms with E-state index in [-0.39, 0.29) is 0 Å². The highest BCUT2D eigenvalue weighted by atomic mass is 35.5. The van der Waals surface area contributed by atoms with E-state index >= 15 is 0 Å². The molecule has 1 aliphatic heterocycles. The summed E-state index contributed by atoms with van der Waals surface area (Å²) in [5, 5.41) is 0.735. The van der Waals surface area contributed by atoms with Crippen molar-refractivity contribution in [1.82, 2.24) is 0 Å². The number of rotatable bonds is 4. The molecule has 4 heteroatoms. The van der Waals surface area contributed by atoms with Crippen LogP contribution >= 0.6 is 23.2 Å². The molecule has 1 aromatic carbocycles. The lowest BCUT2D eigenvalue weighted by atomic mass is 10.1. The fraction of sp³-hybridized carbons (Fsp3) is 0.571. The van der Waals surface area contributed by atoms with Gasteiger partial charge < -0.3 is 9.64 Å². The number of ether oxygens (including phenoxy) is 1. The van der Waals surface area contributed by atoms with Crippen LogP contribution in [0.1, 0.15) is 24.8 Å². The highest BCUT2D eigenvalue weighted by Gasteiger charge is 2.18. The first-order valence-electron chi connectivity index (χ1n) is 6.38. The molecule has 0 radical (unpaired) electrons. The van der Waals surface area contributed by atoms with Gasteiger partial charge in [0.25, 0.3) is 0 Å². The summed E-state index contributed by atoms with van der Waals surface area (Å²) in [5.41, 5.74) is 2.10. The molecule has 1 saturated heterocycles.